The zero-order chi connectivity index (χ0) is 16.2. The Hall–Kier alpha value is -2.70. The van der Waals surface area contributed by atoms with Crippen LogP contribution in [0.25, 0.3) is 0 Å². The molecule has 2 aromatic rings. The van der Waals surface area contributed by atoms with E-state index >= 15 is 0 Å². The second kappa shape index (κ2) is 6.60. The molecule has 2 amide bonds. The molecule has 0 spiro atoms. The van der Waals surface area contributed by atoms with Crippen LogP contribution in [-0.2, 0) is 0 Å². The van der Waals surface area contributed by atoms with Gasteiger partial charge in [-0.2, -0.15) is 0 Å². The Balaban J connectivity index is 1.65. The van der Waals surface area contributed by atoms with Gasteiger partial charge in [0.2, 0.25) is 0 Å². The number of hydrogen-bond donors (Lipinski definition) is 0. The van der Waals surface area contributed by atoms with Gasteiger partial charge in [0.1, 0.15) is 5.76 Å². The smallest absolute Gasteiger partial charge is 0.276 e. The minimum Gasteiger partial charge on any atom is -0.361 e. The molecule has 0 N–H and O–H groups in total. The highest BCUT2D eigenvalue weighted by atomic mass is 16.5. The molecule has 0 radical (unpaired) electrons. The van der Waals surface area contributed by atoms with Gasteiger partial charge in [0, 0.05) is 44.6 Å². The van der Waals surface area contributed by atoms with E-state index in [4.69, 9.17) is 4.52 Å². The Morgan fingerprint density at radius 2 is 1.87 bits per heavy atom. The average molecular weight is 314 g/mol. The summed E-state index contributed by atoms with van der Waals surface area (Å²) in [7, 11) is 0. The third-order valence-corrected chi connectivity index (χ3v) is 3.83. The Bertz CT molecular complexity index is 698. The van der Waals surface area contributed by atoms with Gasteiger partial charge in [0.15, 0.2) is 5.69 Å². The van der Waals surface area contributed by atoms with Gasteiger partial charge in [0.25, 0.3) is 11.8 Å². The van der Waals surface area contributed by atoms with E-state index in [1.54, 1.807) is 47.3 Å². The Morgan fingerprint density at radius 1 is 1.13 bits per heavy atom. The second-order valence-corrected chi connectivity index (χ2v) is 5.50. The zero-order valence-electron chi connectivity index (χ0n) is 12.9. The number of pyridine rings is 1. The number of amides is 2. The first kappa shape index (κ1) is 15.2. The van der Waals surface area contributed by atoms with Crippen molar-refractivity contribution in [3.8, 4) is 0 Å². The van der Waals surface area contributed by atoms with Crippen LogP contribution >= 0.6 is 0 Å². The van der Waals surface area contributed by atoms with Crippen LogP contribution in [-0.4, -0.2) is 57.9 Å². The molecule has 0 saturated carbocycles. The van der Waals surface area contributed by atoms with Gasteiger partial charge in [-0.15, -0.1) is 0 Å². The van der Waals surface area contributed by atoms with Crippen LogP contribution in [0.1, 0.15) is 33.0 Å². The monoisotopic (exact) mass is 314 g/mol. The highest BCUT2D eigenvalue weighted by Crippen LogP contribution is 2.12. The molecule has 1 aliphatic heterocycles. The molecule has 3 rings (SSSR count). The van der Waals surface area contributed by atoms with Crippen molar-refractivity contribution in [2.45, 2.75) is 13.3 Å². The first-order valence-electron chi connectivity index (χ1n) is 7.57. The SMILES string of the molecule is Cc1cc(C(=O)N2CCCN(C(=O)c3cccnc3)CC2)no1. The summed E-state index contributed by atoms with van der Waals surface area (Å²) in [5.41, 5.74) is 0.883. The standard InChI is InChI=1S/C16H18N4O3/c1-12-10-14(18-23-12)16(22)20-7-3-6-19(8-9-20)15(21)13-4-2-5-17-11-13/h2,4-5,10-11H,3,6-9H2,1H3. The van der Waals surface area contributed by atoms with Crippen LogP contribution < -0.4 is 0 Å². The molecular weight excluding hydrogens is 296 g/mol. The average Bonchev–Trinajstić information content (AvgIpc) is 2.87. The van der Waals surface area contributed by atoms with Gasteiger partial charge in [-0.25, -0.2) is 0 Å². The lowest BCUT2D eigenvalue weighted by atomic mass is 10.2. The molecule has 1 saturated heterocycles. The minimum atomic E-state index is -0.155. The summed E-state index contributed by atoms with van der Waals surface area (Å²) in [5.74, 6) is 0.402. The molecule has 1 aliphatic rings. The van der Waals surface area contributed by atoms with E-state index in [0.29, 0.717) is 43.2 Å². The number of rotatable bonds is 2. The van der Waals surface area contributed by atoms with Crippen molar-refractivity contribution in [1.82, 2.24) is 19.9 Å². The van der Waals surface area contributed by atoms with E-state index in [-0.39, 0.29) is 11.8 Å². The summed E-state index contributed by atoms with van der Waals surface area (Å²) >= 11 is 0. The van der Waals surface area contributed by atoms with Crippen LogP contribution in [0.4, 0.5) is 0 Å². The van der Waals surface area contributed by atoms with E-state index in [0.717, 1.165) is 6.42 Å². The summed E-state index contributed by atoms with van der Waals surface area (Å²) in [6, 6.07) is 5.13. The number of hydrogen-bond acceptors (Lipinski definition) is 5. The van der Waals surface area contributed by atoms with Crippen molar-refractivity contribution >= 4 is 11.8 Å². The molecule has 0 atom stereocenters. The molecule has 2 aromatic heterocycles. The van der Waals surface area contributed by atoms with Gasteiger partial charge in [0.05, 0.1) is 5.56 Å². The maximum Gasteiger partial charge on any atom is 0.276 e. The second-order valence-electron chi connectivity index (χ2n) is 5.50. The van der Waals surface area contributed by atoms with E-state index in [2.05, 4.69) is 10.1 Å². The van der Waals surface area contributed by atoms with Crippen LogP contribution in [0.5, 0.6) is 0 Å². The van der Waals surface area contributed by atoms with Crippen LogP contribution in [0.15, 0.2) is 35.1 Å². The van der Waals surface area contributed by atoms with E-state index in [1.165, 1.54) is 0 Å². The minimum absolute atomic E-state index is 0.0512. The van der Waals surface area contributed by atoms with Gasteiger partial charge in [-0.05, 0) is 25.5 Å². The predicted molar refractivity (Wildman–Crippen MR) is 81.9 cm³/mol. The van der Waals surface area contributed by atoms with Crippen LogP contribution in [0.3, 0.4) is 0 Å². The van der Waals surface area contributed by atoms with Crippen molar-refractivity contribution in [2.24, 2.45) is 0 Å². The molecule has 23 heavy (non-hydrogen) atoms. The van der Waals surface area contributed by atoms with Crippen molar-refractivity contribution in [2.75, 3.05) is 26.2 Å². The summed E-state index contributed by atoms with van der Waals surface area (Å²) in [6.45, 7) is 3.95. The Morgan fingerprint density at radius 3 is 2.48 bits per heavy atom. The fourth-order valence-electron chi connectivity index (χ4n) is 2.62. The van der Waals surface area contributed by atoms with Gasteiger partial charge >= 0.3 is 0 Å². The summed E-state index contributed by atoms with van der Waals surface area (Å²) in [4.78, 5) is 32.3. The Labute approximate surface area is 133 Å². The van der Waals surface area contributed by atoms with Gasteiger partial charge in [-0.3, -0.25) is 14.6 Å². The third kappa shape index (κ3) is 3.39. The van der Waals surface area contributed by atoms with Crippen molar-refractivity contribution in [3.05, 3.63) is 47.6 Å². The highest BCUT2D eigenvalue weighted by molar-refractivity contribution is 5.94. The lowest BCUT2D eigenvalue weighted by Gasteiger charge is -2.21. The zero-order valence-corrected chi connectivity index (χ0v) is 12.9. The maximum absolute atomic E-state index is 12.5. The molecule has 0 aromatic carbocycles. The van der Waals surface area contributed by atoms with Crippen molar-refractivity contribution in [3.63, 3.8) is 0 Å². The van der Waals surface area contributed by atoms with Gasteiger partial charge < -0.3 is 14.3 Å². The molecule has 0 bridgehead atoms. The van der Waals surface area contributed by atoms with Crippen LogP contribution in [0, 0.1) is 6.92 Å². The fraction of sp³-hybridized carbons (Fsp3) is 0.375. The molecule has 7 heteroatoms. The normalized spacial score (nSPS) is 15.3. The first-order chi connectivity index (χ1) is 11.1. The van der Waals surface area contributed by atoms with E-state index in [1.807, 2.05) is 0 Å². The predicted octanol–water partition coefficient (Wildman–Crippen LogP) is 1.37. The maximum atomic E-state index is 12.5. The highest BCUT2D eigenvalue weighted by Gasteiger charge is 2.25. The molecular formula is C16H18N4O3. The van der Waals surface area contributed by atoms with E-state index in [9.17, 15) is 9.59 Å². The molecule has 3 heterocycles. The Kier molecular flexibility index (Phi) is 4.36. The lowest BCUT2D eigenvalue weighted by molar-refractivity contribution is 0.0713. The molecule has 7 nitrogen and oxygen atoms in total. The fourth-order valence-corrected chi connectivity index (χ4v) is 2.62. The summed E-state index contributed by atoms with van der Waals surface area (Å²) in [5, 5.41) is 3.77. The van der Waals surface area contributed by atoms with Crippen molar-refractivity contribution < 1.29 is 14.1 Å². The summed E-state index contributed by atoms with van der Waals surface area (Å²) < 4.78 is 4.96. The topological polar surface area (TPSA) is 79.5 Å². The van der Waals surface area contributed by atoms with Crippen LogP contribution in [0.2, 0.25) is 0 Å². The third-order valence-electron chi connectivity index (χ3n) is 3.83. The number of carbonyl (C=O) groups is 2. The molecule has 120 valence electrons. The quantitative estimate of drug-likeness (QED) is 0.836. The number of aryl methyl sites for hydroxylation is 1. The van der Waals surface area contributed by atoms with E-state index < -0.39 is 0 Å². The summed E-state index contributed by atoms with van der Waals surface area (Å²) in [6.07, 6.45) is 3.93. The van der Waals surface area contributed by atoms with Crippen molar-refractivity contribution in [1.29, 1.82) is 0 Å². The number of nitrogens with zero attached hydrogens (tertiary/aromatic N) is 4. The number of carbonyl (C=O) groups excluding carboxylic acids is 2. The first-order valence-corrected chi connectivity index (χ1v) is 7.57. The molecule has 0 aliphatic carbocycles. The largest absolute Gasteiger partial charge is 0.361 e. The molecule has 0 unspecified atom stereocenters. The lowest BCUT2D eigenvalue weighted by Crippen LogP contribution is -2.37. The number of aromatic nitrogens is 2. The van der Waals surface area contributed by atoms with Gasteiger partial charge in [-0.1, -0.05) is 5.16 Å². The molecule has 1 fully saturated rings.